The molecular weight excluding hydrogens is 563 g/mol. The number of hydrogen-bond acceptors (Lipinski definition) is 5. The summed E-state index contributed by atoms with van der Waals surface area (Å²) in [7, 11) is 0. The maximum absolute atomic E-state index is 6.34. The van der Waals surface area contributed by atoms with Crippen LogP contribution in [0.2, 0.25) is 0 Å². The summed E-state index contributed by atoms with van der Waals surface area (Å²) in [5.41, 5.74) is 12.5. The molecule has 46 heavy (non-hydrogen) atoms. The first kappa shape index (κ1) is 26.3. The number of hydrogen-bond donors (Lipinski definition) is 0. The highest BCUT2D eigenvalue weighted by Gasteiger charge is 2.43. The molecule has 6 heteroatoms. The molecule has 0 unspecified atom stereocenters. The summed E-state index contributed by atoms with van der Waals surface area (Å²) >= 11 is 0. The van der Waals surface area contributed by atoms with Gasteiger partial charge in [-0.25, -0.2) is 4.98 Å². The zero-order valence-corrected chi connectivity index (χ0v) is 24.9. The van der Waals surface area contributed by atoms with Gasteiger partial charge in [0.05, 0.1) is 5.69 Å². The van der Waals surface area contributed by atoms with Crippen LogP contribution in [0.15, 0.2) is 164 Å². The van der Waals surface area contributed by atoms with E-state index in [1.807, 2.05) is 42.6 Å². The minimum absolute atomic E-state index is 0.0490. The van der Waals surface area contributed by atoms with Crippen molar-refractivity contribution in [3.63, 3.8) is 0 Å². The lowest BCUT2D eigenvalue weighted by Crippen LogP contribution is -2.61. The molecule has 0 amide bonds. The average Bonchev–Trinajstić information content (AvgIpc) is 3.13. The lowest BCUT2D eigenvalue weighted by atomic mass is 9.33. The monoisotopic (exact) mass is 590 g/mol. The number of benzene rings is 5. The van der Waals surface area contributed by atoms with Crippen LogP contribution >= 0.6 is 0 Å². The van der Waals surface area contributed by atoms with Crippen LogP contribution < -0.4 is 30.9 Å². The van der Waals surface area contributed by atoms with E-state index in [4.69, 9.17) is 9.72 Å². The van der Waals surface area contributed by atoms with Crippen LogP contribution in [-0.4, -0.2) is 16.7 Å². The molecule has 5 aromatic carbocycles. The van der Waals surface area contributed by atoms with Crippen molar-refractivity contribution in [1.82, 2.24) is 9.97 Å². The Kier molecular flexibility index (Phi) is 6.16. The van der Waals surface area contributed by atoms with Crippen molar-refractivity contribution >= 4 is 57.2 Å². The van der Waals surface area contributed by atoms with Gasteiger partial charge in [0.25, 0.3) is 6.71 Å². The second kappa shape index (κ2) is 10.8. The third-order valence-electron chi connectivity index (χ3n) is 8.81. The van der Waals surface area contributed by atoms with Gasteiger partial charge in [-0.15, -0.1) is 0 Å². The Bertz CT molecular complexity index is 2180. The van der Waals surface area contributed by atoms with Crippen molar-refractivity contribution in [3.05, 3.63) is 164 Å². The largest absolute Gasteiger partial charge is 0.439 e. The molecule has 0 saturated carbocycles. The van der Waals surface area contributed by atoms with Gasteiger partial charge in [-0.2, -0.15) is 0 Å². The molecule has 0 radical (unpaired) electrons. The molecule has 2 aliphatic heterocycles. The van der Waals surface area contributed by atoms with Crippen LogP contribution in [0.3, 0.4) is 0 Å². The number of para-hydroxylation sites is 2. The molecule has 0 atom stereocenters. The summed E-state index contributed by atoms with van der Waals surface area (Å²) in [5.74, 6) is 1.32. The number of anilines is 6. The second-order valence-electron chi connectivity index (χ2n) is 11.5. The fourth-order valence-electron chi connectivity index (χ4n) is 6.92. The molecule has 0 spiro atoms. The Morgan fingerprint density at radius 2 is 1.09 bits per heavy atom. The van der Waals surface area contributed by atoms with Crippen LogP contribution in [-0.2, 0) is 0 Å². The highest BCUT2D eigenvalue weighted by atomic mass is 16.5. The van der Waals surface area contributed by atoms with Gasteiger partial charge in [0.15, 0.2) is 0 Å². The first-order valence-corrected chi connectivity index (χ1v) is 15.4. The fourth-order valence-corrected chi connectivity index (χ4v) is 6.92. The molecule has 0 fully saturated rings. The van der Waals surface area contributed by atoms with Gasteiger partial charge in [0.2, 0.25) is 5.88 Å². The van der Waals surface area contributed by atoms with E-state index in [1.54, 1.807) is 6.20 Å². The van der Waals surface area contributed by atoms with Crippen molar-refractivity contribution in [2.45, 2.75) is 0 Å². The Labute approximate surface area is 268 Å². The van der Waals surface area contributed by atoms with E-state index in [0.717, 1.165) is 51.1 Å². The topological polar surface area (TPSA) is 41.5 Å². The minimum atomic E-state index is -0.0490. The molecule has 2 aromatic heterocycles. The lowest BCUT2D eigenvalue weighted by molar-refractivity contribution is 0.463. The predicted octanol–water partition coefficient (Wildman–Crippen LogP) is 8.02. The zero-order valence-electron chi connectivity index (χ0n) is 24.9. The molecule has 7 aromatic rings. The van der Waals surface area contributed by atoms with Gasteiger partial charge in [-0.3, -0.25) is 4.98 Å². The standard InChI is InChI=1S/C40H27BN4O/c1-3-12-29(13-4-1)44-35-22-20-28(34-16-7-9-24-42-34)26-32(35)41-33-27-31(46-39-19-8-10-25-43-39)21-23-36(33)45(30-14-5-2-6-15-30)38-18-11-17-37(44)40(38)41/h1-27H. The van der Waals surface area contributed by atoms with Gasteiger partial charge in [0.1, 0.15) is 5.75 Å². The summed E-state index contributed by atoms with van der Waals surface area (Å²) in [6.07, 6.45) is 3.61. The quantitative estimate of drug-likeness (QED) is 0.190. The Hall–Kier alpha value is -6.14. The molecular formula is C40H27BN4O. The second-order valence-corrected chi connectivity index (χ2v) is 11.5. The van der Waals surface area contributed by atoms with E-state index in [9.17, 15) is 0 Å². The number of rotatable bonds is 5. The molecule has 216 valence electrons. The number of nitrogens with zero attached hydrogens (tertiary/aromatic N) is 4. The minimum Gasteiger partial charge on any atom is -0.439 e. The van der Waals surface area contributed by atoms with Crippen LogP contribution in [0, 0.1) is 0 Å². The highest BCUT2D eigenvalue weighted by molar-refractivity contribution is 7.00. The zero-order chi connectivity index (χ0) is 30.5. The van der Waals surface area contributed by atoms with Crippen molar-refractivity contribution < 1.29 is 4.74 Å². The molecule has 0 N–H and O–H groups in total. The molecule has 0 saturated heterocycles. The Balaban J connectivity index is 1.33. The van der Waals surface area contributed by atoms with Gasteiger partial charge in [0, 0.05) is 52.6 Å². The van der Waals surface area contributed by atoms with Gasteiger partial charge >= 0.3 is 0 Å². The summed E-state index contributed by atoms with van der Waals surface area (Å²) < 4.78 is 6.34. The first-order chi connectivity index (χ1) is 22.8. The number of pyridine rings is 2. The Morgan fingerprint density at radius 3 is 1.72 bits per heavy atom. The third-order valence-corrected chi connectivity index (χ3v) is 8.81. The van der Waals surface area contributed by atoms with Crippen LogP contribution in [0.4, 0.5) is 34.1 Å². The van der Waals surface area contributed by atoms with Crippen molar-refractivity contribution in [3.8, 4) is 22.9 Å². The van der Waals surface area contributed by atoms with Crippen LogP contribution in [0.1, 0.15) is 0 Å². The first-order valence-electron chi connectivity index (χ1n) is 15.4. The smallest absolute Gasteiger partial charge is 0.252 e. The summed E-state index contributed by atoms with van der Waals surface area (Å²) in [5, 5.41) is 0. The van der Waals surface area contributed by atoms with Gasteiger partial charge in [-0.05, 0) is 101 Å². The van der Waals surface area contributed by atoms with Gasteiger partial charge < -0.3 is 14.5 Å². The summed E-state index contributed by atoms with van der Waals surface area (Å²) in [4.78, 5) is 13.9. The van der Waals surface area contributed by atoms with E-state index in [2.05, 4.69) is 130 Å². The van der Waals surface area contributed by atoms with E-state index >= 15 is 0 Å². The normalized spacial score (nSPS) is 12.7. The summed E-state index contributed by atoms with van der Waals surface area (Å²) in [6.45, 7) is -0.0490. The highest BCUT2D eigenvalue weighted by Crippen LogP contribution is 2.44. The molecule has 0 aliphatic carbocycles. The molecule has 0 bridgehead atoms. The molecule has 9 rings (SSSR count). The molecule has 4 heterocycles. The third kappa shape index (κ3) is 4.26. The van der Waals surface area contributed by atoms with Crippen LogP contribution in [0.5, 0.6) is 11.6 Å². The number of ether oxygens (including phenoxy) is 1. The molecule has 5 nitrogen and oxygen atoms in total. The van der Waals surface area contributed by atoms with E-state index in [-0.39, 0.29) is 6.71 Å². The number of fused-ring (bicyclic) bond motifs is 4. The number of aromatic nitrogens is 2. The average molecular weight is 590 g/mol. The predicted molar refractivity (Wildman–Crippen MR) is 188 cm³/mol. The molecule has 2 aliphatic rings. The SMILES string of the molecule is c1ccc(N2c3ccc(Oc4ccccn4)cc3B3c4cc(-c5ccccn5)ccc4N(c4ccccc4)c4cccc2c43)cc1. The van der Waals surface area contributed by atoms with E-state index in [0.29, 0.717) is 5.88 Å². The van der Waals surface area contributed by atoms with Gasteiger partial charge in [-0.1, -0.05) is 66.7 Å². The van der Waals surface area contributed by atoms with Crippen LogP contribution in [0.25, 0.3) is 11.3 Å². The fraction of sp³-hybridized carbons (Fsp3) is 0. The van der Waals surface area contributed by atoms with Crippen molar-refractivity contribution in [2.75, 3.05) is 9.80 Å². The van der Waals surface area contributed by atoms with E-state index < -0.39 is 0 Å². The summed E-state index contributed by atoms with van der Waals surface area (Å²) in [6, 6.07) is 52.9. The lowest BCUT2D eigenvalue weighted by Gasteiger charge is -2.44. The Morgan fingerprint density at radius 1 is 0.478 bits per heavy atom. The maximum Gasteiger partial charge on any atom is 0.252 e. The maximum atomic E-state index is 6.34. The van der Waals surface area contributed by atoms with E-state index in [1.165, 1.54) is 16.4 Å². The van der Waals surface area contributed by atoms with Crippen molar-refractivity contribution in [2.24, 2.45) is 0 Å². The van der Waals surface area contributed by atoms with Crippen molar-refractivity contribution in [1.29, 1.82) is 0 Å².